The van der Waals surface area contributed by atoms with Crippen molar-refractivity contribution in [2.45, 2.75) is 43.9 Å². The largest absolute Gasteiger partial charge is 0.389 e. The van der Waals surface area contributed by atoms with E-state index in [9.17, 15) is 18.0 Å². The maximum absolute atomic E-state index is 12.1. The van der Waals surface area contributed by atoms with Gasteiger partial charge in [-0.25, -0.2) is 0 Å². The molecule has 2 aliphatic rings. The molecule has 1 saturated heterocycles. The zero-order chi connectivity index (χ0) is 14.1. The molecule has 0 aromatic rings. The third-order valence-corrected chi connectivity index (χ3v) is 4.03. The van der Waals surface area contributed by atoms with Gasteiger partial charge in [-0.1, -0.05) is 5.16 Å². The Hall–Kier alpha value is -0.540. The van der Waals surface area contributed by atoms with E-state index in [-0.39, 0.29) is 5.60 Å². The van der Waals surface area contributed by atoms with Crippen LogP contribution in [-0.2, 0) is 9.63 Å². The second-order valence-corrected chi connectivity index (χ2v) is 6.16. The first-order chi connectivity index (χ1) is 8.80. The fraction of sp³-hybridized carbons (Fsp3) is 0.818. The fourth-order valence-electron chi connectivity index (χ4n) is 2.32. The molecule has 2 aliphatic heterocycles. The first-order valence-corrected chi connectivity index (χ1v) is 7.13. The van der Waals surface area contributed by atoms with Gasteiger partial charge in [0.25, 0.3) is 0 Å². The number of rotatable bonds is 2. The van der Waals surface area contributed by atoms with Crippen LogP contribution in [0.1, 0.15) is 32.1 Å². The monoisotopic (exact) mass is 390 g/mol. The predicted molar refractivity (Wildman–Crippen MR) is 71.0 cm³/mol. The van der Waals surface area contributed by atoms with Crippen LogP contribution in [0.2, 0.25) is 0 Å². The summed E-state index contributed by atoms with van der Waals surface area (Å²) in [6, 6.07) is 0. The Morgan fingerprint density at radius 1 is 1.42 bits per heavy atom. The van der Waals surface area contributed by atoms with E-state index in [0.717, 1.165) is 10.1 Å². The summed E-state index contributed by atoms with van der Waals surface area (Å²) >= 11 is 2.10. The molecule has 0 radical (unpaired) electrons. The lowest BCUT2D eigenvalue weighted by molar-refractivity contribution is -0.152. The lowest BCUT2D eigenvalue weighted by Crippen LogP contribution is -2.46. The summed E-state index contributed by atoms with van der Waals surface area (Å²) in [5.41, 5.74) is -0.336. The molecular weight excluding hydrogens is 376 g/mol. The number of carbonyl (C=O) groups is 1. The molecule has 1 spiro atoms. The highest BCUT2D eigenvalue weighted by molar-refractivity contribution is 14.1. The molecule has 19 heavy (non-hydrogen) atoms. The first kappa shape index (κ1) is 14.9. The zero-order valence-electron chi connectivity index (χ0n) is 10.2. The van der Waals surface area contributed by atoms with Crippen molar-refractivity contribution in [3.05, 3.63) is 0 Å². The third kappa shape index (κ3) is 3.96. The summed E-state index contributed by atoms with van der Waals surface area (Å²) in [5, 5.41) is 3.90. The van der Waals surface area contributed by atoms with E-state index >= 15 is 0 Å². The van der Waals surface area contributed by atoms with Crippen molar-refractivity contribution >= 4 is 32.2 Å². The van der Waals surface area contributed by atoms with Crippen LogP contribution in [0.15, 0.2) is 5.16 Å². The molecule has 0 unspecified atom stereocenters. The Bertz CT molecular complexity index is 390. The number of piperidine rings is 1. The fourth-order valence-corrected chi connectivity index (χ4v) is 3.11. The van der Waals surface area contributed by atoms with Crippen LogP contribution in [0.3, 0.4) is 0 Å². The van der Waals surface area contributed by atoms with Gasteiger partial charge in [-0.15, -0.1) is 0 Å². The molecular formula is C11H14F3IN2O2. The van der Waals surface area contributed by atoms with Crippen molar-refractivity contribution in [3.63, 3.8) is 0 Å². The molecule has 0 aliphatic carbocycles. The van der Waals surface area contributed by atoms with Crippen LogP contribution in [0, 0.1) is 0 Å². The number of likely N-dealkylation sites (tertiary alicyclic amines) is 1. The number of nitrogens with zero attached hydrogens (tertiary/aromatic N) is 2. The van der Waals surface area contributed by atoms with Gasteiger partial charge in [-0.05, 0) is 22.6 Å². The van der Waals surface area contributed by atoms with E-state index in [1.165, 1.54) is 4.90 Å². The van der Waals surface area contributed by atoms with Gasteiger partial charge < -0.3 is 9.74 Å². The average Bonchev–Trinajstić information content (AvgIpc) is 2.68. The van der Waals surface area contributed by atoms with Crippen molar-refractivity contribution in [1.82, 2.24) is 4.90 Å². The third-order valence-electron chi connectivity index (χ3n) is 3.46. The lowest BCUT2D eigenvalue weighted by atomic mass is 9.89. The summed E-state index contributed by atoms with van der Waals surface area (Å²) in [5.74, 6) is -0.430. The maximum Gasteiger partial charge on any atom is 0.389 e. The highest BCUT2D eigenvalue weighted by atomic mass is 127. The lowest BCUT2D eigenvalue weighted by Gasteiger charge is -2.37. The molecule has 0 atom stereocenters. The van der Waals surface area contributed by atoms with Crippen LogP contribution < -0.4 is 0 Å². The Kier molecular flexibility index (Phi) is 4.26. The second kappa shape index (κ2) is 5.45. The molecule has 1 fully saturated rings. The zero-order valence-corrected chi connectivity index (χ0v) is 12.3. The molecule has 8 heteroatoms. The van der Waals surface area contributed by atoms with E-state index in [4.69, 9.17) is 4.84 Å². The molecule has 4 nitrogen and oxygen atoms in total. The Labute approximate surface area is 122 Å². The Morgan fingerprint density at radius 3 is 2.53 bits per heavy atom. The number of halogens is 4. The smallest absolute Gasteiger partial charge is 0.388 e. The molecule has 0 aromatic carbocycles. The van der Waals surface area contributed by atoms with Gasteiger partial charge in [-0.2, -0.15) is 13.2 Å². The second-order valence-electron chi connectivity index (χ2n) is 4.91. The van der Waals surface area contributed by atoms with E-state index < -0.39 is 24.9 Å². The van der Waals surface area contributed by atoms with Crippen LogP contribution in [-0.4, -0.2) is 39.4 Å². The minimum absolute atomic E-state index is 0.336. The number of hydrogen-bond acceptors (Lipinski definition) is 3. The summed E-state index contributed by atoms with van der Waals surface area (Å²) in [4.78, 5) is 18.6. The SMILES string of the molecule is O=C(CCC(F)(F)F)N1CCC2(CC1)CC(I)=NO2. The maximum atomic E-state index is 12.1. The summed E-state index contributed by atoms with van der Waals surface area (Å²) in [6.45, 7) is 0.881. The van der Waals surface area contributed by atoms with Crippen molar-refractivity contribution < 1.29 is 22.8 Å². The van der Waals surface area contributed by atoms with Crippen molar-refractivity contribution in [3.8, 4) is 0 Å². The molecule has 2 rings (SSSR count). The number of carbonyl (C=O) groups excluding carboxylic acids is 1. The molecule has 0 bridgehead atoms. The van der Waals surface area contributed by atoms with Gasteiger partial charge in [0, 0.05) is 38.8 Å². The first-order valence-electron chi connectivity index (χ1n) is 6.05. The summed E-state index contributed by atoms with van der Waals surface area (Å²) < 4.78 is 37.1. The highest BCUT2D eigenvalue weighted by Crippen LogP contribution is 2.36. The molecule has 0 N–H and O–H groups in total. The van der Waals surface area contributed by atoms with Gasteiger partial charge >= 0.3 is 6.18 Å². The summed E-state index contributed by atoms with van der Waals surface area (Å²) in [6.07, 6.45) is -3.80. The average molecular weight is 390 g/mol. The van der Waals surface area contributed by atoms with Crippen LogP contribution in [0.25, 0.3) is 0 Å². The van der Waals surface area contributed by atoms with Crippen molar-refractivity contribution in [2.75, 3.05) is 13.1 Å². The van der Waals surface area contributed by atoms with E-state index in [1.54, 1.807) is 0 Å². The standard InChI is InChI=1S/C11H14F3IN2O2/c12-11(13,14)2-1-9(18)17-5-3-10(4-6-17)7-8(15)16-19-10/h1-7H2. The van der Waals surface area contributed by atoms with Crippen molar-refractivity contribution in [1.29, 1.82) is 0 Å². The topological polar surface area (TPSA) is 41.9 Å². The van der Waals surface area contributed by atoms with Crippen molar-refractivity contribution in [2.24, 2.45) is 5.16 Å². The highest BCUT2D eigenvalue weighted by Gasteiger charge is 2.42. The van der Waals surface area contributed by atoms with Gasteiger partial charge in [0.1, 0.15) is 9.32 Å². The van der Waals surface area contributed by atoms with E-state index in [2.05, 4.69) is 27.7 Å². The Morgan fingerprint density at radius 2 is 2.05 bits per heavy atom. The van der Waals surface area contributed by atoms with Crippen LogP contribution in [0.5, 0.6) is 0 Å². The van der Waals surface area contributed by atoms with E-state index in [0.29, 0.717) is 25.9 Å². The summed E-state index contributed by atoms with van der Waals surface area (Å²) in [7, 11) is 0. The number of amides is 1. The van der Waals surface area contributed by atoms with Gasteiger partial charge in [0.15, 0.2) is 0 Å². The Balaban J connectivity index is 1.79. The minimum Gasteiger partial charge on any atom is -0.388 e. The number of oxime groups is 1. The minimum atomic E-state index is -4.27. The molecule has 1 amide bonds. The molecule has 0 saturated carbocycles. The molecule has 0 aromatic heterocycles. The quantitative estimate of drug-likeness (QED) is 0.681. The normalized spacial score (nSPS) is 22.3. The van der Waals surface area contributed by atoms with Crippen LogP contribution in [0.4, 0.5) is 13.2 Å². The predicted octanol–water partition coefficient (Wildman–Crippen LogP) is 2.86. The number of hydrogen-bond donors (Lipinski definition) is 0. The number of alkyl halides is 3. The van der Waals surface area contributed by atoms with Gasteiger partial charge in [0.2, 0.25) is 5.91 Å². The van der Waals surface area contributed by atoms with E-state index in [1.807, 2.05) is 0 Å². The van der Waals surface area contributed by atoms with Crippen LogP contribution >= 0.6 is 22.6 Å². The molecule has 108 valence electrons. The molecule has 2 heterocycles. The van der Waals surface area contributed by atoms with Gasteiger partial charge in [0.05, 0.1) is 6.42 Å². The van der Waals surface area contributed by atoms with Gasteiger partial charge in [-0.3, -0.25) is 4.79 Å².